The molecular formula is C11H15N3O3. The van der Waals surface area contributed by atoms with Crippen LogP contribution in [0.1, 0.15) is 6.92 Å². The van der Waals surface area contributed by atoms with Crippen molar-refractivity contribution in [1.29, 1.82) is 0 Å². The van der Waals surface area contributed by atoms with Crippen LogP contribution in [0.5, 0.6) is 0 Å². The summed E-state index contributed by atoms with van der Waals surface area (Å²) in [6.07, 6.45) is 0. The van der Waals surface area contributed by atoms with Gasteiger partial charge in [0.2, 0.25) is 5.91 Å². The summed E-state index contributed by atoms with van der Waals surface area (Å²) in [6.45, 7) is 1.54. The van der Waals surface area contributed by atoms with Gasteiger partial charge < -0.3 is 21.5 Å². The van der Waals surface area contributed by atoms with Gasteiger partial charge in [-0.2, -0.15) is 0 Å². The summed E-state index contributed by atoms with van der Waals surface area (Å²) >= 11 is 0. The van der Waals surface area contributed by atoms with Gasteiger partial charge in [-0.25, -0.2) is 0 Å². The van der Waals surface area contributed by atoms with E-state index in [0.29, 0.717) is 11.4 Å². The highest BCUT2D eigenvalue weighted by Crippen LogP contribution is 2.14. The molecule has 17 heavy (non-hydrogen) atoms. The maximum Gasteiger partial charge on any atom is 0.322 e. The number of nitrogens with two attached hydrogens (primary N) is 1. The first kappa shape index (κ1) is 13.0. The lowest BCUT2D eigenvalue weighted by Gasteiger charge is -2.11. The number of hydrogen-bond acceptors (Lipinski definition) is 4. The first-order valence-electron chi connectivity index (χ1n) is 5.09. The molecule has 0 radical (unpaired) electrons. The Morgan fingerprint density at radius 2 is 2.06 bits per heavy atom. The van der Waals surface area contributed by atoms with E-state index in [1.54, 1.807) is 24.3 Å². The van der Waals surface area contributed by atoms with Crippen LogP contribution in [-0.4, -0.2) is 29.6 Å². The van der Waals surface area contributed by atoms with Crippen LogP contribution in [0.2, 0.25) is 0 Å². The molecule has 6 heteroatoms. The van der Waals surface area contributed by atoms with Gasteiger partial charge in [-0.3, -0.25) is 9.59 Å². The molecule has 1 rings (SSSR count). The lowest BCUT2D eigenvalue weighted by atomic mass is 10.2. The van der Waals surface area contributed by atoms with Gasteiger partial charge in [0.25, 0.3) is 0 Å². The molecule has 6 nitrogen and oxygen atoms in total. The number of amides is 1. The van der Waals surface area contributed by atoms with E-state index in [-0.39, 0.29) is 12.5 Å². The standard InChI is InChI=1S/C11H15N3O3/c1-7(15)14-9-4-2-3-8(5-9)13-6-10(12)11(16)17/h2-5,10,13H,6,12H2,1H3,(H,14,15)(H,16,17). The van der Waals surface area contributed by atoms with Crippen molar-refractivity contribution >= 4 is 23.3 Å². The van der Waals surface area contributed by atoms with Gasteiger partial charge in [0, 0.05) is 24.8 Å². The maximum absolute atomic E-state index is 10.9. The molecule has 0 aliphatic carbocycles. The zero-order chi connectivity index (χ0) is 12.8. The van der Waals surface area contributed by atoms with Gasteiger partial charge in [0.15, 0.2) is 0 Å². The van der Waals surface area contributed by atoms with Gasteiger partial charge in [-0.15, -0.1) is 0 Å². The minimum Gasteiger partial charge on any atom is -0.480 e. The van der Waals surface area contributed by atoms with E-state index in [1.807, 2.05) is 0 Å². The number of carbonyl (C=O) groups excluding carboxylic acids is 1. The number of nitrogens with one attached hydrogen (secondary N) is 2. The Labute approximate surface area is 98.8 Å². The number of carboxylic acids is 1. The Bertz CT molecular complexity index is 420. The van der Waals surface area contributed by atoms with Gasteiger partial charge in [0.1, 0.15) is 6.04 Å². The highest BCUT2D eigenvalue weighted by molar-refractivity contribution is 5.89. The van der Waals surface area contributed by atoms with Crippen molar-refractivity contribution in [2.75, 3.05) is 17.2 Å². The van der Waals surface area contributed by atoms with E-state index in [9.17, 15) is 9.59 Å². The van der Waals surface area contributed by atoms with Crippen LogP contribution in [0.15, 0.2) is 24.3 Å². The first-order chi connectivity index (χ1) is 7.99. The third kappa shape index (κ3) is 4.52. The van der Waals surface area contributed by atoms with Crippen LogP contribution in [0.4, 0.5) is 11.4 Å². The predicted octanol–water partition coefficient (Wildman–Crippen LogP) is 0.469. The molecule has 0 bridgehead atoms. The quantitative estimate of drug-likeness (QED) is 0.596. The molecule has 92 valence electrons. The van der Waals surface area contributed by atoms with Crippen molar-refractivity contribution in [3.8, 4) is 0 Å². The number of hydrogen-bond donors (Lipinski definition) is 4. The first-order valence-corrected chi connectivity index (χ1v) is 5.09. The molecule has 0 spiro atoms. The lowest BCUT2D eigenvalue weighted by molar-refractivity contribution is -0.138. The molecule has 1 amide bonds. The fourth-order valence-corrected chi connectivity index (χ4v) is 1.23. The largest absolute Gasteiger partial charge is 0.480 e. The lowest BCUT2D eigenvalue weighted by Crippen LogP contribution is -2.36. The van der Waals surface area contributed by atoms with Gasteiger partial charge in [-0.05, 0) is 18.2 Å². The van der Waals surface area contributed by atoms with E-state index in [4.69, 9.17) is 10.8 Å². The van der Waals surface area contributed by atoms with Crippen molar-refractivity contribution in [1.82, 2.24) is 0 Å². The Kier molecular flexibility index (Phi) is 4.47. The van der Waals surface area contributed by atoms with Gasteiger partial charge >= 0.3 is 5.97 Å². The van der Waals surface area contributed by atoms with Crippen molar-refractivity contribution in [3.05, 3.63) is 24.3 Å². The summed E-state index contributed by atoms with van der Waals surface area (Å²) in [4.78, 5) is 21.4. The minimum atomic E-state index is -1.06. The summed E-state index contributed by atoms with van der Waals surface area (Å²) in [5.41, 5.74) is 6.70. The molecule has 0 aliphatic heterocycles. The number of carboxylic acid groups (broad SMARTS) is 1. The minimum absolute atomic E-state index is 0.124. The highest BCUT2D eigenvalue weighted by atomic mass is 16.4. The van der Waals surface area contributed by atoms with Gasteiger partial charge in [-0.1, -0.05) is 6.07 Å². The van der Waals surface area contributed by atoms with E-state index >= 15 is 0 Å². The fourth-order valence-electron chi connectivity index (χ4n) is 1.23. The maximum atomic E-state index is 10.9. The Morgan fingerprint density at radius 3 is 2.65 bits per heavy atom. The van der Waals surface area contributed by atoms with E-state index < -0.39 is 12.0 Å². The summed E-state index contributed by atoms with van der Waals surface area (Å²) < 4.78 is 0. The Balaban J connectivity index is 2.59. The smallest absolute Gasteiger partial charge is 0.322 e. The molecule has 0 saturated carbocycles. The second-order valence-electron chi connectivity index (χ2n) is 3.59. The van der Waals surface area contributed by atoms with Crippen molar-refractivity contribution in [2.45, 2.75) is 13.0 Å². The van der Waals surface area contributed by atoms with Crippen LogP contribution in [-0.2, 0) is 9.59 Å². The average molecular weight is 237 g/mol. The Morgan fingerprint density at radius 1 is 1.41 bits per heavy atom. The Hall–Kier alpha value is -2.08. The van der Waals surface area contributed by atoms with E-state index in [1.165, 1.54) is 6.92 Å². The monoisotopic (exact) mass is 237 g/mol. The molecule has 1 aromatic rings. The molecule has 1 unspecified atom stereocenters. The van der Waals surface area contributed by atoms with Crippen molar-refractivity contribution in [3.63, 3.8) is 0 Å². The molecular weight excluding hydrogens is 222 g/mol. The SMILES string of the molecule is CC(=O)Nc1cccc(NCC(N)C(=O)O)c1. The number of anilines is 2. The normalized spacial score (nSPS) is 11.6. The van der Waals surface area contributed by atoms with Crippen molar-refractivity contribution < 1.29 is 14.7 Å². The van der Waals surface area contributed by atoms with E-state index in [2.05, 4.69) is 10.6 Å². The predicted molar refractivity (Wildman–Crippen MR) is 64.8 cm³/mol. The van der Waals surface area contributed by atoms with Crippen LogP contribution in [0.3, 0.4) is 0 Å². The second-order valence-corrected chi connectivity index (χ2v) is 3.59. The van der Waals surface area contributed by atoms with E-state index in [0.717, 1.165) is 0 Å². The molecule has 1 atom stereocenters. The summed E-state index contributed by atoms with van der Waals surface area (Å²) in [5.74, 6) is -1.22. The molecule has 0 aliphatic rings. The van der Waals surface area contributed by atoms with Crippen LogP contribution in [0.25, 0.3) is 0 Å². The highest BCUT2D eigenvalue weighted by Gasteiger charge is 2.10. The molecule has 0 heterocycles. The summed E-state index contributed by atoms with van der Waals surface area (Å²) in [6, 6.07) is 6.00. The molecule has 5 N–H and O–H groups in total. The van der Waals surface area contributed by atoms with Crippen LogP contribution >= 0.6 is 0 Å². The summed E-state index contributed by atoms with van der Waals surface area (Å²) in [5, 5.41) is 14.1. The van der Waals surface area contributed by atoms with Crippen molar-refractivity contribution in [2.24, 2.45) is 5.73 Å². The zero-order valence-corrected chi connectivity index (χ0v) is 9.43. The third-order valence-corrected chi connectivity index (χ3v) is 2.03. The fraction of sp³-hybridized carbons (Fsp3) is 0.273. The number of benzene rings is 1. The average Bonchev–Trinajstić information content (AvgIpc) is 2.25. The zero-order valence-electron chi connectivity index (χ0n) is 9.43. The molecule has 0 fully saturated rings. The van der Waals surface area contributed by atoms with Gasteiger partial charge in [0.05, 0.1) is 0 Å². The number of carbonyl (C=O) groups is 2. The van der Waals surface area contributed by atoms with Crippen LogP contribution < -0.4 is 16.4 Å². The molecule has 1 aromatic carbocycles. The topological polar surface area (TPSA) is 104 Å². The second kappa shape index (κ2) is 5.86. The number of aliphatic carboxylic acids is 1. The molecule has 0 aromatic heterocycles. The molecule has 0 saturated heterocycles. The third-order valence-electron chi connectivity index (χ3n) is 2.03. The number of rotatable bonds is 5. The van der Waals surface area contributed by atoms with Crippen LogP contribution in [0, 0.1) is 0 Å². The summed E-state index contributed by atoms with van der Waals surface area (Å²) in [7, 11) is 0.